The molecule has 1 amide bonds. The van der Waals surface area contributed by atoms with E-state index in [0.717, 1.165) is 55.1 Å². The van der Waals surface area contributed by atoms with Crippen molar-refractivity contribution in [1.29, 1.82) is 0 Å². The molecule has 1 aliphatic heterocycles. The van der Waals surface area contributed by atoms with Crippen LogP contribution < -0.4 is 15.9 Å². The Labute approximate surface area is 204 Å². The highest BCUT2D eigenvalue weighted by Gasteiger charge is 2.17. The van der Waals surface area contributed by atoms with Crippen molar-refractivity contribution in [2.24, 2.45) is 7.05 Å². The zero-order valence-electron chi connectivity index (χ0n) is 20.3. The number of likely N-dealkylation sites (N-methyl/N-ethyl adjacent to an activating group) is 1. The molecule has 2 N–H and O–H groups in total. The van der Waals surface area contributed by atoms with Crippen molar-refractivity contribution in [3.05, 3.63) is 76.3 Å². The van der Waals surface area contributed by atoms with Gasteiger partial charge < -0.3 is 15.1 Å². The second kappa shape index (κ2) is 9.38. The van der Waals surface area contributed by atoms with E-state index in [-0.39, 0.29) is 11.6 Å². The van der Waals surface area contributed by atoms with Crippen molar-refractivity contribution < 1.29 is 4.79 Å². The first-order chi connectivity index (χ1) is 16.9. The number of rotatable bonds is 5. The first-order valence-corrected chi connectivity index (χ1v) is 12.0. The highest BCUT2D eigenvalue weighted by Crippen LogP contribution is 2.26. The van der Waals surface area contributed by atoms with Gasteiger partial charge in [0, 0.05) is 61.9 Å². The summed E-state index contributed by atoms with van der Waals surface area (Å²) in [6.07, 6.45) is 1.71. The van der Waals surface area contributed by atoms with E-state index < -0.39 is 0 Å². The summed E-state index contributed by atoms with van der Waals surface area (Å²) in [6, 6.07) is 15.6. The number of nitrogens with one attached hydrogen (secondary N) is 2. The predicted molar refractivity (Wildman–Crippen MR) is 140 cm³/mol. The lowest BCUT2D eigenvalue weighted by atomic mass is 10.0. The molecule has 3 heterocycles. The Hall–Kier alpha value is -3.91. The van der Waals surface area contributed by atoms with Crippen LogP contribution in [0.1, 0.15) is 22.8 Å². The van der Waals surface area contributed by atoms with Crippen LogP contribution in [0, 0.1) is 6.92 Å². The molecule has 0 spiro atoms. The number of carbonyl (C=O) groups excluding carboxylic acids is 1. The number of aromatic amines is 1. The van der Waals surface area contributed by atoms with Crippen LogP contribution in [-0.4, -0.2) is 58.1 Å². The van der Waals surface area contributed by atoms with Crippen LogP contribution in [0.3, 0.4) is 0 Å². The third-order valence-corrected chi connectivity index (χ3v) is 6.86. The van der Waals surface area contributed by atoms with Gasteiger partial charge in [0.1, 0.15) is 0 Å². The molecule has 35 heavy (non-hydrogen) atoms. The van der Waals surface area contributed by atoms with Crippen LogP contribution in [0.25, 0.3) is 22.3 Å². The summed E-state index contributed by atoms with van der Waals surface area (Å²) in [7, 11) is 1.70. The lowest BCUT2D eigenvalue weighted by molar-refractivity contribution is 0.102. The number of aryl methyl sites for hydroxylation is 2. The Morgan fingerprint density at radius 3 is 2.60 bits per heavy atom. The smallest absolute Gasteiger partial charge is 0.327 e. The number of anilines is 2. The minimum atomic E-state index is -0.206. The van der Waals surface area contributed by atoms with Gasteiger partial charge in [0.2, 0.25) is 0 Å². The minimum Gasteiger partial charge on any atom is -0.369 e. The Kier molecular flexibility index (Phi) is 6.13. The summed E-state index contributed by atoms with van der Waals surface area (Å²) >= 11 is 0. The van der Waals surface area contributed by atoms with Crippen molar-refractivity contribution in [2.75, 3.05) is 42.9 Å². The number of piperazine rings is 1. The van der Waals surface area contributed by atoms with E-state index >= 15 is 0 Å². The van der Waals surface area contributed by atoms with Crippen molar-refractivity contribution in [3.63, 3.8) is 0 Å². The maximum atomic E-state index is 13.1. The number of carbonyl (C=O) groups is 1. The van der Waals surface area contributed by atoms with Crippen molar-refractivity contribution >= 4 is 28.4 Å². The summed E-state index contributed by atoms with van der Waals surface area (Å²) in [5, 5.41) is 3.06. The average Bonchev–Trinajstić information content (AvgIpc) is 3.18. The molecule has 5 rings (SSSR count). The molecule has 2 aromatic heterocycles. The number of nitrogens with zero attached hydrogens (tertiary/aromatic N) is 4. The number of benzene rings is 2. The fourth-order valence-electron chi connectivity index (χ4n) is 4.60. The summed E-state index contributed by atoms with van der Waals surface area (Å²) in [5.74, 6) is -0.164. The van der Waals surface area contributed by atoms with Gasteiger partial charge in [-0.3, -0.25) is 14.3 Å². The Morgan fingerprint density at radius 1 is 1.06 bits per heavy atom. The van der Waals surface area contributed by atoms with Crippen LogP contribution in [0.4, 0.5) is 11.4 Å². The maximum absolute atomic E-state index is 13.1. The fraction of sp³-hybridized carbons (Fsp3) is 0.296. The standard InChI is InChI=1S/C27H30N6O2/c1-4-32-10-12-33(13-11-32)22-8-9-23(18(2)14-22)29-26(34)20-7-5-6-19(15-20)21-16-24-25(28-17-21)30-27(35)31(24)3/h5-9,14-17H,4,10-13H2,1-3H3,(H,29,34)(H,28,30,35). The van der Waals surface area contributed by atoms with E-state index in [1.54, 1.807) is 19.3 Å². The molecule has 0 aliphatic carbocycles. The van der Waals surface area contributed by atoms with E-state index in [4.69, 9.17) is 0 Å². The zero-order chi connectivity index (χ0) is 24.5. The van der Waals surface area contributed by atoms with Crippen molar-refractivity contribution in [3.8, 4) is 11.1 Å². The molecule has 8 nitrogen and oxygen atoms in total. The number of H-pyrrole nitrogens is 1. The summed E-state index contributed by atoms with van der Waals surface area (Å²) in [5.41, 5.74) is 6.35. The summed E-state index contributed by atoms with van der Waals surface area (Å²) in [4.78, 5) is 36.9. The van der Waals surface area contributed by atoms with Crippen molar-refractivity contribution in [1.82, 2.24) is 19.4 Å². The van der Waals surface area contributed by atoms with Gasteiger partial charge in [-0.1, -0.05) is 19.1 Å². The number of hydrogen-bond acceptors (Lipinski definition) is 5. The lowest BCUT2D eigenvalue weighted by Gasteiger charge is -2.35. The summed E-state index contributed by atoms with van der Waals surface area (Å²) in [6.45, 7) is 9.51. The van der Waals surface area contributed by atoms with Gasteiger partial charge in [-0.05, 0) is 61.0 Å². The Balaban J connectivity index is 1.33. The molecule has 8 heteroatoms. The van der Waals surface area contributed by atoms with Crippen LogP contribution >= 0.6 is 0 Å². The molecule has 2 aromatic carbocycles. The van der Waals surface area contributed by atoms with Crippen LogP contribution in [0.5, 0.6) is 0 Å². The molecule has 0 atom stereocenters. The summed E-state index contributed by atoms with van der Waals surface area (Å²) < 4.78 is 1.53. The second-order valence-electron chi connectivity index (χ2n) is 9.04. The molecule has 180 valence electrons. The number of imidazole rings is 1. The van der Waals surface area contributed by atoms with E-state index in [1.807, 2.05) is 37.3 Å². The molecule has 0 bridgehead atoms. The monoisotopic (exact) mass is 470 g/mol. The second-order valence-corrected chi connectivity index (χ2v) is 9.04. The molecule has 1 fully saturated rings. The van der Waals surface area contributed by atoms with Gasteiger partial charge in [0.05, 0.1) is 5.52 Å². The highest BCUT2D eigenvalue weighted by atomic mass is 16.2. The first-order valence-electron chi connectivity index (χ1n) is 12.0. The SMILES string of the molecule is CCN1CCN(c2ccc(NC(=O)c3cccc(-c4cnc5[nH]c(=O)n(C)c5c4)c3)c(C)c2)CC1. The molecular formula is C27H30N6O2. The topological polar surface area (TPSA) is 86.3 Å². The van der Waals surface area contributed by atoms with Gasteiger partial charge in [-0.25, -0.2) is 9.78 Å². The van der Waals surface area contributed by atoms with E-state index in [2.05, 4.69) is 44.1 Å². The number of aromatic nitrogens is 3. The molecule has 0 radical (unpaired) electrons. The number of fused-ring (bicyclic) bond motifs is 1. The Bertz CT molecular complexity index is 1450. The van der Waals surface area contributed by atoms with Crippen LogP contribution in [0.15, 0.2) is 59.5 Å². The third kappa shape index (κ3) is 4.57. The molecule has 0 unspecified atom stereocenters. The van der Waals surface area contributed by atoms with E-state index in [0.29, 0.717) is 16.7 Å². The zero-order valence-corrected chi connectivity index (χ0v) is 20.3. The van der Waals surface area contributed by atoms with Gasteiger partial charge >= 0.3 is 5.69 Å². The average molecular weight is 471 g/mol. The lowest BCUT2D eigenvalue weighted by Crippen LogP contribution is -2.46. The molecule has 1 saturated heterocycles. The molecular weight excluding hydrogens is 440 g/mol. The van der Waals surface area contributed by atoms with Gasteiger partial charge in [-0.2, -0.15) is 0 Å². The molecule has 1 aliphatic rings. The molecule has 0 saturated carbocycles. The quantitative estimate of drug-likeness (QED) is 0.465. The van der Waals surface area contributed by atoms with Crippen molar-refractivity contribution in [2.45, 2.75) is 13.8 Å². The van der Waals surface area contributed by atoms with Gasteiger partial charge in [-0.15, -0.1) is 0 Å². The third-order valence-electron chi connectivity index (χ3n) is 6.86. The van der Waals surface area contributed by atoms with Crippen LogP contribution in [-0.2, 0) is 7.05 Å². The number of hydrogen-bond donors (Lipinski definition) is 2. The van der Waals surface area contributed by atoms with E-state index in [1.165, 1.54) is 10.3 Å². The molecule has 4 aromatic rings. The Morgan fingerprint density at radius 2 is 1.86 bits per heavy atom. The largest absolute Gasteiger partial charge is 0.369 e. The number of pyridine rings is 1. The van der Waals surface area contributed by atoms with Gasteiger partial charge in [0.15, 0.2) is 5.65 Å². The normalized spacial score (nSPS) is 14.4. The number of amides is 1. The maximum Gasteiger partial charge on any atom is 0.327 e. The van der Waals surface area contributed by atoms with E-state index in [9.17, 15) is 9.59 Å². The fourth-order valence-corrected chi connectivity index (χ4v) is 4.60. The minimum absolute atomic E-state index is 0.164. The van der Waals surface area contributed by atoms with Gasteiger partial charge in [0.25, 0.3) is 5.91 Å². The first kappa shape index (κ1) is 22.9. The highest BCUT2D eigenvalue weighted by molar-refractivity contribution is 6.05. The van der Waals surface area contributed by atoms with Crippen LogP contribution in [0.2, 0.25) is 0 Å². The predicted octanol–water partition coefficient (Wildman–Crippen LogP) is 3.63.